The van der Waals surface area contributed by atoms with Gasteiger partial charge in [0.15, 0.2) is 0 Å². The van der Waals surface area contributed by atoms with Gasteiger partial charge in [0.25, 0.3) is 0 Å². The summed E-state index contributed by atoms with van der Waals surface area (Å²) < 4.78 is 16.2. The fourth-order valence-corrected chi connectivity index (χ4v) is 2.95. The van der Waals surface area contributed by atoms with E-state index in [0.717, 1.165) is 50.7 Å². The van der Waals surface area contributed by atoms with Gasteiger partial charge in [-0.3, -0.25) is 9.11 Å². The van der Waals surface area contributed by atoms with E-state index in [1.807, 2.05) is 0 Å². The van der Waals surface area contributed by atoms with Crippen LogP contribution in [0.15, 0.2) is 0 Å². The van der Waals surface area contributed by atoms with Crippen LogP contribution < -0.4 is 5.32 Å². The van der Waals surface area contributed by atoms with Gasteiger partial charge in [0.05, 0.1) is 0 Å². The lowest BCUT2D eigenvalue weighted by atomic mass is 10.2. The first-order chi connectivity index (χ1) is 7.74. The minimum atomic E-state index is -0.566. The molecule has 0 saturated carbocycles. The zero-order valence-corrected chi connectivity index (χ0v) is 11.2. The number of hydrogen-bond donors (Lipinski definition) is 1. The Morgan fingerprint density at radius 1 is 1.44 bits per heavy atom. The van der Waals surface area contributed by atoms with Crippen LogP contribution in [0.2, 0.25) is 0 Å². The van der Waals surface area contributed by atoms with Crippen LogP contribution in [-0.4, -0.2) is 66.6 Å². The molecule has 0 radical (unpaired) electrons. The molecule has 1 saturated heterocycles. The maximum Gasteiger partial charge on any atom is 0.0474 e. The van der Waals surface area contributed by atoms with Crippen LogP contribution in [0.25, 0.3) is 0 Å². The average molecular weight is 248 g/mol. The Balaban J connectivity index is 2.05. The maximum atomic E-state index is 11.2. The monoisotopic (exact) mass is 248 g/mol. The zero-order valence-electron chi connectivity index (χ0n) is 10.4. The summed E-state index contributed by atoms with van der Waals surface area (Å²) in [7, 11) is 1.17. The van der Waals surface area contributed by atoms with Gasteiger partial charge in [-0.2, -0.15) is 0 Å². The van der Waals surface area contributed by atoms with Crippen LogP contribution in [0.1, 0.15) is 13.3 Å². The van der Waals surface area contributed by atoms with Crippen molar-refractivity contribution in [2.24, 2.45) is 0 Å². The minimum Gasteiger partial charge on any atom is -0.385 e. The summed E-state index contributed by atoms with van der Waals surface area (Å²) in [5.41, 5.74) is 0. The number of nitrogens with zero attached hydrogens (tertiary/aromatic N) is 1. The predicted molar refractivity (Wildman–Crippen MR) is 68.3 cm³/mol. The third-order valence-electron chi connectivity index (χ3n) is 2.98. The molecule has 0 aromatic carbocycles. The summed E-state index contributed by atoms with van der Waals surface area (Å²) in [6, 6.07) is 0.542. The second-order valence-corrected chi connectivity index (χ2v) is 5.98. The smallest absolute Gasteiger partial charge is 0.0474 e. The number of ether oxygens (including phenoxy) is 1. The van der Waals surface area contributed by atoms with Gasteiger partial charge in [0, 0.05) is 61.7 Å². The van der Waals surface area contributed by atoms with E-state index in [1.54, 1.807) is 7.11 Å². The number of nitrogens with one attached hydrogen (secondary N) is 1. The van der Waals surface area contributed by atoms with E-state index in [2.05, 4.69) is 17.1 Å². The Morgan fingerprint density at radius 2 is 2.12 bits per heavy atom. The molecule has 16 heavy (non-hydrogen) atoms. The molecule has 4 nitrogen and oxygen atoms in total. The Labute approximate surface area is 101 Å². The lowest BCUT2D eigenvalue weighted by molar-refractivity contribution is 0.190. The third kappa shape index (κ3) is 5.39. The summed E-state index contributed by atoms with van der Waals surface area (Å²) in [5.74, 6) is 1.68. The van der Waals surface area contributed by atoms with Gasteiger partial charge in [-0.1, -0.05) is 0 Å². The van der Waals surface area contributed by atoms with Gasteiger partial charge in [0.2, 0.25) is 0 Å². The van der Waals surface area contributed by atoms with Crippen LogP contribution in [0.4, 0.5) is 0 Å². The first-order valence-corrected chi connectivity index (χ1v) is 7.51. The van der Waals surface area contributed by atoms with Crippen LogP contribution in [0.3, 0.4) is 0 Å². The normalized spacial score (nSPS) is 21.1. The highest BCUT2D eigenvalue weighted by atomic mass is 32.2. The van der Waals surface area contributed by atoms with E-state index in [9.17, 15) is 4.21 Å². The van der Waals surface area contributed by atoms with Crippen molar-refractivity contribution in [3.63, 3.8) is 0 Å². The van der Waals surface area contributed by atoms with E-state index in [0.29, 0.717) is 6.04 Å². The molecule has 1 unspecified atom stereocenters. The molecule has 0 amide bonds. The molecule has 0 aromatic heterocycles. The summed E-state index contributed by atoms with van der Waals surface area (Å²) in [4.78, 5) is 2.42. The van der Waals surface area contributed by atoms with Crippen molar-refractivity contribution in [2.75, 3.05) is 51.4 Å². The molecule has 1 fully saturated rings. The second kappa shape index (κ2) is 8.17. The van der Waals surface area contributed by atoms with Crippen molar-refractivity contribution in [3.8, 4) is 0 Å². The fourth-order valence-electron chi connectivity index (χ4n) is 1.87. The highest BCUT2D eigenvalue weighted by Gasteiger charge is 2.19. The number of rotatable bonds is 7. The standard InChI is InChI=1S/C11H24N2O2S/c1-11(10-12-4-3-7-15-2)13-5-8-16(14)9-6-13/h11-12H,3-10H2,1-2H3. The topological polar surface area (TPSA) is 41.6 Å². The van der Waals surface area contributed by atoms with E-state index in [-0.39, 0.29) is 0 Å². The molecule has 1 rings (SSSR count). The summed E-state index contributed by atoms with van der Waals surface area (Å²) >= 11 is 0. The quantitative estimate of drug-likeness (QED) is 0.647. The van der Waals surface area contributed by atoms with Crippen LogP contribution in [0.5, 0.6) is 0 Å². The number of methoxy groups -OCH3 is 1. The Morgan fingerprint density at radius 3 is 2.75 bits per heavy atom. The summed E-state index contributed by atoms with van der Waals surface area (Å²) in [6.07, 6.45) is 1.06. The van der Waals surface area contributed by atoms with E-state index in [4.69, 9.17) is 4.74 Å². The van der Waals surface area contributed by atoms with Crippen LogP contribution in [0, 0.1) is 0 Å². The van der Waals surface area contributed by atoms with Gasteiger partial charge in [0.1, 0.15) is 0 Å². The van der Waals surface area contributed by atoms with Crippen LogP contribution >= 0.6 is 0 Å². The van der Waals surface area contributed by atoms with Gasteiger partial charge < -0.3 is 10.1 Å². The van der Waals surface area contributed by atoms with Crippen molar-refractivity contribution in [2.45, 2.75) is 19.4 Å². The molecular formula is C11H24N2O2S. The predicted octanol–water partition coefficient (Wildman–Crippen LogP) is 0.0653. The van der Waals surface area contributed by atoms with Gasteiger partial charge in [-0.25, -0.2) is 0 Å². The van der Waals surface area contributed by atoms with Crippen molar-refractivity contribution < 1.29 is 8.95 Å². The SMILES string of the molecule is COCCCNCC(C)N1CCS(=O)CC1. The van der Waals surface area contributed by atoms with Crippen LogP contribution in [-0.2, 0) is 15.5 Å². The first-order valence-electron chi connectivity index (χ1n) is 6.02. The highest BCUT2D eigenvalue weighted by Crippen LogP contribution is 2.04. The first kappa shape index (κ1) is 14.1. The number of hydrogen-bond acceptors (Lipinski definition) is 4. The molecule has 0 bridgehead atoms. The Bertz CT molecular complexity index is 204. The van der Waals surface area contributed by atoms with Crippen molar-refractivity contribution in [3.05, 3.63) is 0 Å². The molecule has 96 valence electrons. The molecule has 1 aliphatic rings. The molecule has 5 heteroatoms. The Hall–Kier alpha value is 0.0300. The van der Waals surface area contributed by atoms with E-state index >= 15 is 0 Å². The maximum absolute atomic E-state index is 11.2. The third-order valence-corrected chi connectivity index (χ3v) is 4.25. The lowest BCUT2D eigenvalue weighted by Crippen LogP contribution is -2.47. The van der Waals surface area contributed by atoms with E-state index in [1.165, 1.54) is 0 Å². The summed E-state index contributed by atoms with van der Waals surface area (Å²) in [5, 5.41) is 3.43. The molecule has 0 aliphatic carbocycles. The zero-order chi connectivity index (χ0) is 11.8. The molecule has 0 spiro atoms. The summed E-state index contributed by atoms with van der Waals surface area (Å²) in [6.45, 7) is 7.04. The van der Waals surface area contributed by atoms with Crippen molar-refractivity contribution in [1.29, 1.82) is 0 Å². The molecular weight excluding hydrogens is 224 g/mol. The average Bonchev–Trinajstić information content (AvgIpc) is 2.29. The van der Waals surface area contributed by atoms with Gasteiger partial charge in [-0.05, 0) is 19.9 Å². The fraction of sp³-hybridized carbons (Fsp3) is 1.00. The molecule has 1 atom stereocenters. The van der Waals surface area contributed by atoms with Crippen molar-refractivity contribution >= 4 is 10.8 Å². The second-order valence-electron chi connectivity index (χ2n) is 4.28. The van der Waals surface area contributed by atoms with Gasteiger partial charge >= 0.3 is 0 Å². The molecule has 1 heterocycles. The molecule has 1 N–H and O–H groups in total. The van der Waals surface area contributed by atoms with E-state index < -0.39 is 10.8 Å². The highest BCUT2D eigenvalue weighted by molar-refractivity contribution is 7.85. The Kier molecular flexibility index (Phi) is 7.20. The van der Waals surface area contributed by atoms with Gasteiger partial charge in [-0.15, -0.1) is 0 Å². The lowest BCUT2D eigenvalue weighted by Gasteiger charge is -2.32. The molecule has 1 aliphatic heterocycles. The largest absolute Gasteiger partial charge is 0.385 e. The molecule has 0 aromatic rings. The van der Waals surface area contributed by atoms with Crippen molar-refractivity contribution in [1.82, 2.24) is 10.2 Å². The minimum absolute atomic E-state index is 0.542.